The molecule has 8 rings (SSSR count). The standard InChI is InChI=1S/C37H41ClN10O2/c1-44-25-40-32(43-44)10-11-33(49)48-21-20-46(22-27(48)12-16-39)35-28-13-19-45(31-9-3-7-26-6-2-8-29(38)34(26)31)23-30(28)41-36(42-35)50-24-37-14-4-17-47(37)18-5-15-37/h2-3,6-11,25,27H,4-5,12-15,17-24H2,1H3/b11-10+/t27-/m0/s1. The number of aryl methyl sites for hydroxylation is 1. The van der Waals surface area contributed by atoms with E-state index in [-0.39, 0.29) is 23.9 Å². The fraction of sp³-hybridized carbons (Fsp3) is 0.459. The lowest BCUT2D eigenvalue weighted by Gasteiger charge is -2.42. The van der Waals surface area contributed by atoms with Crippen LogP contribution in [0.25, 0.3) is 16.8 Å². The Bertz CT molecular complexity index is 1970. The van der Waals surface area contributed by atoms with Gasteiger partial charge in [0.2, 0.25) is 5.91 Å². The number of carbonyl (C=O) groups excluding carboxylic acids is 1. The molecule has 0 saturated carbocycles. The maximum absolute atomic E-state index is 13.4. The molecule has 0 spiro atoms. The van der Waals surface area contributed by atoms with E-state index in [9.17, 15) is 10.1 Å². The molecule has 258 valence electrons. The highest BCUT2D eigenvalue weighted by Crippen LogP contribution is 2.40. The number of halogens is 1. The maximum atomic E-state index is 13.4. The third kappa shape index (κ3) is 6.13. The highest BCUT2D eigenvalue weighted by molar-refractivity contribution is 6.36. The van der Waals surface area contributed by atoms with Crippen molar-refractivity contribution in [1.82, 2.24) is 34.5 Å². The highest BCUT2D eigenvalue weighted by atomic mass is 35.5. The van der Waals surface area contributed by atoms with Crippen molar-refractivity contribution in [3.63, 3.8) is 0 Å². The van der Waals surface area contributed by atoms with E-state index in [0.717, 1.165) is 77.5 Å². The second kappa shape index (κ2) is 13.5. The monoisotopic (exact) mass is 692 g/mol. The Balaban J connectivity index is 1.09. The first-order valence-electron chi connectivity index (χ1n) is 17.6. The number of anilines is 2. The predicted molar refractivity (Wildman–Crippen MR) is 192 cm³/mol. The summed E-state index contributed by atoms with van der Waals surface area (Å²) in [5, 5.41) is 16.9. The molecule has 0 radical (unpaired) electrons. The van der Waals surface area contributed by atoms with E-state index in [1.807, 2.05) is 12.1 Å². The molecule has 4 aromatic rings. The smallest absolute Gasteiger partial charge is 0.318 e. The van der Waals surface area contributed by atoms with Gasteiger partial charge in [-0.3, -0.25) is 14.4 Å². The van der Waals surface area contributed by atoms with Crippen LogP contribution in [0.3, 0.4) is 0 Å². The quantitative estimate of drug-likeness (QED) is 0.242. The van der Waals surface area contributed by atoms with Crippen molar-refractivity contribution >= 4 is 45.9 Å². The van der Waals surface area contributed by atoms with E-state index in [0.29, 0.717) is 44.6 Å². The molecule has 1 atom stereocenters. The van der Waals surface area contributed by atoms with Gasteiger partial charge in [0.25, 0.3) is 0 Å². The number of nitrogens with zero attached hydrogens (tertiary/aromatic N) is 10. The normalized spacial score (nSPS) is 20.3. The summed E-state index contributed by atoms with van der Waals surface area (Å²) in [6.07, 6.45) is 10.3. The Morgan fingerprint density at radius 1 is 1.08 bits per heavy atom. The molecule has 0 N–H and O–H groups in total. The predicted octanol–water partition coefficient (Wildman–Crippen LogP) is 4.63. The summed E-state index contributed by atoms with van der Waals surface area (Å²) in [4.78, 5) is 36.7. The summed E-state index contributed by atoms with van der Waals surface area (Å²) >= 11 is 6.76. The zero-order valence-corrected chi connectivity index (χ0v) is 29.1. The van der Waals surface area contributed by atoms with Gasteiger partial charge in [0.15, 0.2) is 5.82 Å². The van der Waals surface area contributed by atoms with Crippen molar-refractivity contribution in [1.29, 1.82) is 5.26 Å². The van der Waals surface area contributed by atoms with Gasteiger partial charge >= 0.3 is 6.01 Å². The molecule has 13 heteroatoms. The van der Waals surface area contributed by atoms with Gasteiger partial charge in [-0.15, -0.1) is 0 Å². The van der Waals surface area contributed by atoms with Crippen LogP contribution in [-0.2, 0) is 24.8 Å². The maximum Gasteiger partial charge on any atom is 0.318 e. The lowest BCUT2D eigenvalue weighted by Crippen LogP contribution is -2.55. The second-order valence-electron chi connectivity index (χ2n) is 13.9. The number of carbonyl (C=O) groups is 1. The number of hydrogen-bond acceptors (Lipinski definition) is 10. The molecule has 6 heterocycles. The molecule has 4 aliphatic heterocycles. The van der Waals surface area contributed by atoms with Gasteiger partial charge in [-0.1, -0.05) is 35.9 Å². The number of hydrogen-bond donors (Lipinski definition) is 0. The van der Waals surface area contributed by atoms with Crippen LogP contribution < -0.4 is 14.5 Å². The number of aromatic nitrogens is 5. The summed E-state index contributed by atoms with van der Waals surface area (Å²) in [5.74, 6) is 1.15. The highest BCUT2D eigenvalue weighted by Gasteiger charge is 2.45. The van der Waals surface area contributed by atoms with Crippen molar-refractivity contribution in [2.45, 2.75) is 56.7 Å². The summed E-state index contributed by atoms with van der Waals surface area (Å²) in [6.45, 7) is 5.71. The molecule has 0 aliphatic carbocycles. The first-order chi connectivity index (χ1) is 24.4. The van der Waals surface area contributed by atoms with Gasteiger partial charge in [-0.2, -0.15) is 20.3 Å². The van der Waals surface area contributed by atoms with Gasteiger partial charge < -0.3 is 19.4 Å². The number of fused-ring (bicyclic) bond motifs is 3. The average molecular weight is 693 g/mol. The van der Waals surface area contributed by atoms with Crippen LogP contribution in [0.2, 0.25) is 5.02 Å². The number of amides is 1. The van der Waals surface area contributed by atoms with E-state index in [1.54, 1.807) is 29.0 Å². The molecule has 12 nitrogen and oxygen atoms in total. The van der Waals surface area contributed by atoms with Crippen LogP contribution in [0.1, 0.15) is 49.2 Å². The SMILES string of the molecule is Cn1cnc(/C=C/C(=O)N2CCN(c3nc(OCC45CCCN4CCC5)nc4c3CCN(c3cccc5cccc(Cl)c35)C4)C[C@@H]2CC#N)n1. The summed E-state index contributed by atoms with van der Waals surface area (Å²) < 4.78 is 8.15. The van der Waals surface area contributed by atoms with Crippen molar-refractivity contribution in [3.05, 3.63) is 70.9 Å². The molecule has 0 unspecified atom stereocenters. The first-order valence-corrected chi connectivity index (χ1v) is 17.9. The van der Waals surface area contributed by atoms with Crippen LogP contribution in [0.4, 0.5) is 11.5 Å². The molecule has 0 bridgehead atoms. The molecule has 3 fully saturated rings. The molecule has 4 aliphatic rings. The lowest BCUT2D eigenvalue weighted by atomic mass is 9.95. The minimum Gasteiger partial charge on any atom is -0.461 e. The fourth-order valence-electron chi connectivity index (χ4n) is 8.41. The Hall–Kier alpha value is -4.73. The van der Waals surface area contributed by atoms with Gasteiger partial charge in [0, 0.05) is 55.9 Å². The number of piperazine rings is 1. The largest absolute Gasteiger partial charge is 0.461 e. The number of benzene rings is 2. The van der Waals surface area contributed by atoms with Crippen LogP contribution in [0.5, 0.6) is 6.01 Å². The molecular weight excluding hydrogens is 652 g/mol. The molecule has 3 saturated heterocycles. The summed E-state index contributed by atoms with van der Waals surface area (Å²) in [6, 6.07) is 14.7. The molecule has 2 aromatic carbocycles. The fourth-order valence-corrected chi connectivity index (χ4v) is 8.69. The minimum absolute atomic E-state index is 0.0628. The van der Waals surface area contributed by atoms with Crippen molar-refractivity contribution in [2.24, 2.45) is 7.05 Å². The number of rotatable bonds is 8. The Kier molecular flexibility index (Phi) is 8.79. The van der Waals surface area contributed by atoms with Crippen molar-refractivity contribution in [2.75, 3.05) is 55.7 Å². The molecule has 1 amide bonds. The average Bonchev–Trinajstić information content (AvgIpc) is 3.85. The van der Waals surface area contributed by atoms with E-state index >= 15 is 0 Å². The molecule has 2 aromatic heterocycles. The van der Waals surface area contributed by atoms with Crippen LogP contribution in [0, 0.1) is 11.3 Å². The van der Waals surface area contributed by atoms with E-state index in [1.165, 1.54) is 18.9 Å². The van der Waals surface area contributed by atoms with Crippen molar-refractivity contribution < 1.29 is 9.53 Å². The van der Waals surface area contributed by atoms with E-state index in [2.05, 4.69) is 55.1 Å². The van der Waals surface area contributed by atoms with Crippen LogP contribution in [0.15, 0.2) is 48.8 Å². The van der Waals surface area contributed by atoms with Gasteiger partial charge in [-0.25, -0.2) is 4.98 Å². The zero-order chi connectivity index (χ0) is 34.2. The summed E-state index contributed by atoms with van der Waals surface area (Å²) in [7, 11) is 1.78. The Morgan fingerprint density at radius 2 is 1.90 bits per heavy atom. The zero-order valence-electron chi connectivity index (χ0n) is 28.3. The second-order valence-corrected chi connectivity index (χ2v) is 14.3. The van der Waals surface area contributed by atoms with Crippen LogP contribution in [-0.4, -0.2) is 97.9 Å². The van der Waals surface area contributed by atoms with Crippen molar-refractivity contribution in [3.8, 4) is 12.1 Å². The van der Waals surface area contributed by atoms with Gasteiger partial charge in [0.1, 0.15) is 18.8 Å². The third-order valence-corrected chi connectivity index (χ3v) is 11.2. The van der Waals surface area contributed by atoms with Crippen LogP contribution >= 0.6 is 11.6 Å². The van der Waals surface area contributed by atoms with E-state index < -0.39 is 0 Å². The van der Waals surface area contributed by atoms with E-state index in [4.69, 9.17) is 26.3 Å². The first kappa shape index (κ1) is 32.5. The molecule has 50 heavy (non-hydrogen) atoms. The summed E-state index contributed by atoms with van der Waals surface area (Å²) in [5.41, 5.74) is 3.18. The molecular formula is C37H41ClN10O2. The third-order valence-electron chi connectivity index (χ3n) is 10.9. The Labute approximate surface area is 296 Å². The topological polar surface area (TPSA) is 120 Å². The van der Waals surface area contributed by atoms with Gasteiger partial charge in [0.05, 0.1) is 41.3 Å². The number of ether oxygens (including phenoxy) is 1. The lowest BCUT2D eigenvalue weighted by molar-refractivity contribution is -0.128. The number of nitriles is 1. The van der Waals surface area contributed by atoms with Gasteiger partial charge in [-0.05, 0) is 68.8 Å². The Morgan fingerprint density at radius 3 is 2.68 bits per heavy atom. The minimum atomic E-state index is -0.306.